The Morgan fingerprint density at radius 1 is 1.03 bits per heavy atom. The van der Waals surface area contributed by atoms with Crippen LogP contribution in [0.25, 0.3) is 0 Å². The molecule has 2 amide bonds. The van der Waals surface area contributed by atoms with Crippen LogP contribution in [0.5, 0.6) is 11.5 Å². The van der Waals surface area contributed by atoms with Gasteiger partial charge in [0.25, 0.3) is 11.8 Å². The lowest BCUT2D eigenvalue weighted by atomic mass is 10.1. The highest BCUT2D eigenvalue weighted by molar-refractivity contribution is 6.36. The highest BCUT2D eigenvalue weighted by Crippen LogP contribution is 2.41. The molecule has 36 heavy (non-hydrogen) atoms. The van der Waals surface area contributed by atoms with Gasteiger partial charge < -0.3 is 25.0 Å². The fraction of sp³-hybridized carbons (Fsp3) is 0.269. The number of rotatable bonds is 7. The fourth-order valence-electron chi connectivity index (χ4n) is 4.30. The van der Waals surface area contributed by atoms with E-state index in [9.17, 15) is 9.59 Å². The van der Waals surface area contributed by atoms with Gasteiger partial charge in [-0.25, -0.2) is 0 Å². The number of carbonyl (C=O) groups is 2. The summed E-state index contributed by atoms with van der Waals surface area (Å²) in [4.78, 5) is 34.3. The summed E-state index contributed by atoms with van der Waals surface area (Å²) in [5, 5.41) is 11.7. The van der Waals surface area contributed by atoms with E-state index in [2.05, 4.69) is 15.2 Å². The molecule has 0 spiro atoms. The van der Waals surface area contributed by atoms with Gasteiger partial charge >= 0.3 is 0 Å². The Balaban J connectivity index is 1.42. The predicted molar refractivity (Wildman–Crippen MR) is 139 cm³/mol. The smallest absolute Gasteiger partial charge is 0.263 e. The van der Waals surface area contributed by atoms with E-state index in [1.807, 2.05) is 24.3 Å². The number of aliphatic hydroxyl groups is 1. The van der Waals surface area contributed by atoms with Gasteiger partial charge in [0.1, 0.15) is 17.1 Å². The summed E-state index contributed by atoms with van der Waals surface area (Å²) in [5.74, 6) is -0.235. The lowest BCUT2D eigenvalue weighted by molar-refractivity contribution is 0.0943. The molecule has 1 aromatic heterocycles. The third kappa shape index (κ3) is 4.84. The van der Waals surface area contributed by atoms with E-state index in [0.717, 1.165) is 17.9 Å². The fourth-order valence-corrected chi connectivity index (χ4v) is 4.74. The molecule has 1 fully saturated rings. The third-order valence-corrected chi connectivity index (χ3v) is 6.78. The Labute approximate surface area is 218 Å². The number of hydrogen-bond donors (Lipinski definition) is 2. The normalized spacial score (nSPS) is 14.9. The number of halogens is 2. The molecule has 1 aliphatic heterocycles. The average molecular weight is 527 g/mol. The number of nitrogens with one attached hydrogen (secondary N) is 1. The average Bonchev–Trinajstić information content (AvgIpc) is 3.74. The number of para-hydroxylation sites is 2. The maximum Gasteiger partial charge on any atom is 0.263 e. The van der Waals surface area contributed by atoms with Crippen molar-refractivity contribution in [3.05, 3.63) is 76.0 Å². The van der Waals surface area contributed by atoms with Crippen molar-refractivity contribution in [1.82, 2.24) is 10.3 Å². The molecule has 8 nitrogen and oxygen atoms in total. The first kappa shape index (κ1) is 24.4. The molecule has 2 N–H and O–H groups in total. The molecule has 1 aliphatic carbocycles. The minimum atomic E-state index is -0.466. The van der Waals surface area contributed by atoms with Gasteiger partial charge in [-0.2, -0.15) is 0 Å². The molecule has 2 aliphatic rings. The Bertz CT molecular complexity index is 1310. The molecule has 1 saturated carbocycles. The summed E-state index contributed by atoms with van der Waals surface area (Å²) in [6.45, 7) is 1.19. The maximum absolute atomic E-state index is 13.7. The minimum absolute atomic E-state index is 0.0889. The quantitative estimate of drug-likeness (QED) is 0.469. The third-order valence-electron chi connectivity index (χ3n) is 6.17. The van der Waals surface area contributed by atoms with Crippen molar-refractivity contribution in [2.75, 3.05) is 36.0 Å². The van der Waals surface area contributed by atoms with Crippen LogP contribution in [0.1, 0.15) is 33.6 Å². The number of hydrogen-bond acceptors (Lipinski definition) is 6. The van der Waals surface area contributed by atoms with E-state index in [1.54, 1.807) is 11.0 Å². The van der Waals surface area contributed by atoms with E-state index in [1.165, 1.54) is 37.4 Å². The number of aromatic nitrogens is 1. The van der Waals surface area contributed by atoms with Gasteiger partial charge in [0.2, 0.25) is 0 Å². The first-order valence-electron chi connectivity index (χ1n) is 11.7. The zero-order valence-electron chi connectivity index (χ0n) is 19.3. The SMILES string of the molecule is O=C(NCCO)c1cc(Cl)c(Oc2ccncc2C(=O)N2CCN(C3CC3)c3ccccc32)cc1Cl. The first-order valence-corrected chi connectivity index (χ1v) is 12.4. The van der Waals surface area contributed by atoms with Gasteiger partial charge in [-0.1, -0.05) is 35.3 Å². The van der Waals surface area contributed by atoms with Gasteiger partial charge in [-0.15, -0.1) is 0 Å². The second-order valence-corrected chi connectivity index (χ2v) is 9.40. The summed E-state index contributed by atoms with van der Waals surface area (Å²) in [5.41, 5.74) is 2.34. The standard InChI is InChI=1S/C26H24Cl2N4O4/c27-19-14-24(20(28)13-17(19)25(34)30-9-12-33)36-23-7-8-29-15-18(23)26(35)32-11-10-31(16-5-6-16)21-3-1-2-4-22(21)32/h1-4,7-8,13-16,33H,5-6,9-12H2,(H,30,34). The lowest BCUT2D eigenvalue weighted by Gasteiger charge is -2.38. The number of ether oxygens (including phenoxy) is 1. The number of anilines is 2. The molecule has 10 heteroatoms. The van der Waals surface area contributed by atoms with Crippen LogP contribution in [0.2, 0.25) is 10.0 Å². The Morgan fingerprint density at radius 2 is 1.81 bits per heavy atom. The molecule has 0 radical (unpaired) electrons. The van der Waals surface area contributed by atoms with Crippen molar-refractivity contribution in [1.29, 1.82) is 0 Å². The van der Waals surface area contributed by atoms with Crippen molar-refractivity contribution < 1.29 is 19.4 Å². The van der Waals surface area contributed by atoms with Crippen LogP contribution in [-0.2, 0) is 0 Å². The zero-order valence-corrected chi connectivity index (χ0v) is 20.8. The summed E-state index contributed by atoms with van der Waals surface area (Å²) in [6, 6.07) is 12.9. The van der Waals surface area contributed by atoms with Gasteiger partial charge in [0, 0.05) is 44.1 Å². The Hall–Kier alpha value is -3.33. The Kier molecular flexibility index (Phi) is 7.00. The van der Waals surface area contributed by atoms with Crippen LogP contribution in [0.3, 0.4) is 0 Å². The van der Waals surface area contributed by atoms with Gasteiger partial charge in [0.05, 0.1) is 33.6 Å². The van der Waals surface area contributed by atoms with Crippen molar-refractivity contribution in [3.8, 4) is 11.5 Å². The van der Waals surface area contributed by atoms with Crippen molar-refractivity contribution in [3.63, 3.8) is 0 Å². The van der Waals surface area contributed by atoms with E-state index in [0.29, 0.717) is 12.6 Å². The molecule has 0 atom stereocenters. The predicted octanol–water partition coefficient (Wildman–Crippen LogP) is 4.53. The van der Waals surface area contributed by atoms with Crippen LogP contribution < -0.4 is 19.9 Å². The van der Waals surface area contributed by atoms with Crippen LogP contribution >= 0.6 is 23.2 Å². The Morgan fingerprint density at radius 3 is 2.56 bits per heavy atom. The number of carbonyl (C=O) groups excluding carboxylic acids is 2. The largest absolute Gasteiger partial charge is 0.455 e. The molecule has 3 aromatic rings. The van der Waals surface area contributed by atoms with Gasteiger partial charge in [-0.3, -0.25) is 14.6 Å². The molecule has 0 saturated heterocycles. The van der Waals surface area contributed by atoms with E-state index in [4.69, 9.17) is 33.0 Å². The monoisotopic (exact) mass is 526 g/mol. The van der Waals surface area contributed by atoms with E-state index >= 15 is 0 Å². The minimum Gasteiger partial charge on any atom is -0.455 e. The number of pyridine rings is 1. The highest BCUT2D eigenvalue weighted by atomic mass is 35.5. The lowest BCUT2D eigenvalue weighted by Crippen LogP contribution is -2.45. The van der Waals surface area contributed by atoms with Crippen LogP contribution in [0.4, 0.5) is 11.4 Å². The molecular formula is C26H24Cl2N4O4. The molecule has 0 unspecified atom stereocenters. The molecular weight excluding hydrogens is 503 g/mol. The van der Waals surface area contributed by atoms with Crippen LogP contribution in [-0.4, -0.2) is 54.2 Å². The second-order valence-electron chi connectivity index (χ2n) is 8.59. The number of nitrogens with zero attached hydrogens (tertiary/aromatic N) is 3. The summed E-state index contributed by atoms with van der Waals surface area (Å²) < 4.78 is 6.02. The molecule has 0 bridgehead atoms. The van der Waals surface area contributed by atoms with Crippen molar-refractivity contribution >= 4 is 46.4 Å². The number of fused-ring (bicyclic) bond motifs is 1. The number of amides is 2. The van der Waals surface area contributed by atoms with E-state index in [-0.39, 0.29) is 51.7 Å². The van der Waals surface area contributed by atoms with E-state index < -0.39 is 5.91 Å². The number of benzene rings is 2. The maximum atomic E-state index is 13.7. The second kappa shape index (κ2) is 10.3. The van der Waals surface area contributed by atoms with Crippen LogP contribution in [0.15, 0.2) is 54.9 Å². The van der Waals surface area contributed by atoms with Crippen molar-refractivity contribution in [2.24, 2.45) is 0 Å². The van der Waals surface area contributed by atoms with Crippen molar-refractivity contribution in [2.45, 2.75) is 18.9 Å². The van der Waals surface area contributed by atoms with Gasteiger partial charge in [-0.05, 0) is 37.1 Å². The topological polar surface area (TPSA) is 95.0 Å². The molecule has 2 aromatic carbocycles. The summed E-state index contributed by atoms with van der Waals surface area (Å²) in [6.07, 6.45) is 5.35. The molecule has 186 valence electrons. The van der Waals surface area contributed by atoms with Crippen LogP contribution in [0, 0.1) is 0 Å². The van der Waals surface area contributed by atoms with Gasteiger partial charge in [0.15, 0.2) is 0 Å². The molecule has 5 rings (SSSR count). The number of aliphatic hydroxyl groups excluding tert-OH is 1. The summed E-state index contributed by atoms with van der Waals surface area (Å²) >= 11 is 12.7. The first-order chi connectivity index (χ1) is 17.5. The summed E-state index contributed by atoms with van der Waals surface area (Å²) in [7, 11) is 0. The highest BCUT2D eigenvalue weighted by Gasteiger charge is 2.36. The molecule has 2 heterocycles. The zero-order chi connectivity index (χ0) is 25.2.